The zero-order valence-corrected chi connectivity index (χ0v) is 23.5. The monoisotopic (exact) mass is 591 g/mol. The van der Waals surface area contributed by atoms with Gasteiger partial charge in [0.1, 0.15) is 17.2 Å². The fourth-order valence-electron chi connectivity index (χ4n) is 5.10. The fraction of sp³-hybridized carbons (Fsp3) is 0.357. The van der Waals surface area contributed by atoms with E-state index >= 15 is 4.39 Å². The Morgan fingerprint density at radius 3 is 2.41 bits per heavy atom. The molecule has 2 aromatic carbocycles. The van der Waals surface area contributed by atoms with Crippen molar-refractivity contribution in [3.8, 4) is 11.5 Å². The van der Waals surface area contributed by atoms with Gasteiger partial charge < -0.3 is 28.9 Å². The van der Waals surface area contributed by atoms with Crippen LogP contribution in [-0.4, -0.2) is 64.3 Å². The second kappa shape index (κ2) is 11.5. The van der Waals surface area contributed by atoms with Crippen LogP contribution in [0.5, 0.6) is 11.5 Å². The van der Waals surface area contributed by atoms with Crippen molar-refractivity contribution >= 4 is 40.3 Å². The van der Waals surface area contributed by atoms with Gasteiger partial charge in [0.05, 0.1) is 38.6 Å². The van der Waals surface area contributed by atoms with Crippen molar-refractivity contribution in [2.24, 2.45) is 4.99 Å². The van der Waals surface area contributed by atoms with Gasteiger partial charge in [-0.25, -0.2) is 4.99 Å². The molecule has 8 nitrogen and oxygen atoms in total. The summed E-state index contributed by atoms with van der Waals surface area (Å²) in [5.41, 5.74) is 0.813. The van der Waals surface area contributed by atoms with E-state index in [2.05, 4.69) is 9.89 Å². The number of aliphatic imine (C=N–C) groups is 1. The number of hydrogen-bond donors (Lipinski definition) is 1. The van der Waals surface area contributed by atoms with Gasteiger partial charge in [0, 0.05) is 55.3 Å². The van der Waals surface area contributed by atoms with Gasteiger partial charge in [-0.2, -0.15) is 17.6 Å². The molecule has 5 rings (SSSR count). The average Bonchev–Trinajstić information content (AvgIpc) is 3.36. The van der Waals surface area contributed by atoms with E-state index < -0.39 is 22.9 Å². The summed E-state index contributed by atoms with van der Waals surface area (Å²) in [5, 5.41) is 9.35. The normalized spacial score (nSPS) is 17.2. The Labute approximate surface area is 238 Å². The molecule has 3 heterocycles. The van der Waals surface area contributed by atoms with Crippen molar-refractivity contribution in [3.63, 3.8) is 0 Å². The van der Waals surface area contributed by atoms with Crippen molar-refractivity contribution in [2.75, 3.05) is 57.3 Å². The first kappa shape index (κ1) is 28.5. The first-order valence-electron chi connectivity index (χ1n) is 12.8. The maximum absolute atomic E-state index is 15.0. The minimum Gasteiger partial charge on any atom is -0.497 e. The molecule has 1 aromatic heterocycles. The zero-order valence-electron chi connectivity index (χ0n) is 22.7. The summed E-state index contributed by atoms with van der Waals surface area (Å²) >= 11 is 0.861. The molecule has 0 amide bonds. The Bertz CT molecular complexity index is 1450. The highest BCUT2D eigenvalue weighted by atomic mass is 32.1. The predicted molar refractivity (Wildman–Crippen MR) is 151 cm³/mol. The minimum atomic E-state index is -4.61. The summed E-state index contributed by atoms with van der Waals surface area (Å²) < 4.78 is 72.6. The summed E-state index contributed by atoms with van der Waals surface area (Å²) in [5.74, 6) is 1.10. The lowest BCUT2D eigenvalue weighted by Crippen LogP contribution is -2.55. The van der Waals surface area contributed by atoms with Crippen LogP contribution in [-0.2, 0) is 10.9 Å². The Morgan fingerprint density at radius 2 is 1.76 bits per heavy atom. The van der Waals surface area contributed by atoms with Gasteiger partial charge in [0.15, 0.2) is 5.90 Å². The van der Waals surface area contributed by atoms with E-state index in [-0.39, 0.29) is 35.4 Å². The first-order valence-corrected chi connectivity index (χ1v) is 13.7. The summed E-state index contributed by atoms with van der Waals surface area (Å²) in [7, 11) is 4.33. The molecular weight excluding hydrogens is 562 g/mol. The molecule has 2 aliphatic rings. The second-order valence-electron chi connectivity index (χ2n) is 9.50. The molecule has 0 aliphatic carbocycles. The molecule has 1 fully saturated rings. The van der Waals surface area contributed by atoms with E-state index in [1.54, 1.807) is 17.4 Å². The Hall–Kier alpha value is -4.00. The van der Waals surface area contributed by atoms with Gasteiger partial charge in [-0.3, -0.25) is 5.41 Å². The third-order valence-corrected chi connectivity index (χ3v) is 7.99. The molecule has 1 unspecified atom stereocenters. The third-order valence-electron chi connectivity index (χ3n) is 7.22. The molecule has 0 saturated carbocycles. The SMILES string of the molecule is COC(=N)CC1c2csc(F)c2N=C(N2CCN(c3cccc(OC)c3)CC2)N1c1cc(C(F)(F)F)ccc1OC. The number of alkyl halides is 3. The maximum Gasteiger partial charge on any atom is 0.416 e. The average molecular weight is 592 g/mol. The van der Waals surface area contributed by atoms with Gasteiger partial charge in [0.2, 0.25) is 11.1 Å². The number of piperazine rings is 1. The fourth-order valence-corrected chi connectivity index (χ4v) is 5.88. The van der Waals surface area contributed by atoms with Crippen LogP contribution in [0.25, 0.3) is 0 Å². The van der Waals surface area contributed by atoms with Crippen LogP contribution in [0.1, 0.15) is 23.6 Å². The summed E-state index contributed by atoms with van der Waals surface area (Å²) in [4.78, 5) is 10.4. The topological polar surface area (TPSA) is 73.6 Å². The summed E-state index contributed by atoms with van der Waals surface area (Å²) in [6, 6.07) is 10.2. The van der Waals surface area contributed by atoms with Crippen molar-refractivity contribution in [2.45, 2.75) is 18.6 Å². The first-order chi connectivity index (χ1) is 19.6. The highest BCUT2D eigenvalue weighted by Gasteiger charge is 2.40. The van der Waals surface area contributed by atoms with Crippen molar-refractivity contribution in [3.05, 3.63) is 64.1 Å². The van der Waals surface area contributed by atoms with E-state index in [0.29, 0.717) is 31.7 Å². The van der Waals surface area contributed by atoms with Crippen LogP contribution in [0.15, 0.2) is 52.8 Å². The number of guanidine groups is 1. The van der Waals surface area contributed by atoms with E-state index in [4.69, 9.17) is 19.6 Å². The number of thiophene rings is 1. The molecule has 1 saturated heterocycles. The quantitative estimate of drug-likeness (QED) is 0.206. The molecule has 1 atom stereocenters. The van der Waals surface area contributed by atoms with E-state index in [0.717, 1.165) is 34.9 Å². The summed E-state index contributed by atoms with van der Waals surface area (Å²) in [6.45, 7) is 2.08. The Balaban J connectivity index is 1.58. The van der Waals surface area contributed by atoms with Crippen LogP contribution in [0.2, 0.25) is 0 Å². The second-order valence-corrected chi connectivity index (χ2v) is 10.3. The van der Waals surface area contributed by atoms with Gasteiger partial charge in [0.25, 0.3) is 0 Å². The standard InChI is InChI=1S/C28H29F4N5O3S/c1-38-19-6-4-5-18(14-19)35-9-11-36(12-10-35)27-34-25-20(16-41-26(25)29)21(15-24(33)40-3)37(27)22-13-17(28(30,31)32)7-8-23(22)39-2/h4-8,13-14,16,21,33H,9-12,15H2,1-3H3. The molecule has 0 radical (unpaired) electrons. The highest BCUT2D eigenvalue weighted by molar-refractivity contribution is 7.08. The van der Waals surface area contributed by atoms with Crippen LogP contribution < -0.4 is 19.3 Å². The molecule has 0 spiro atoms. The number of halogens is 4. The lowest BCUT2D eigenvalue weighted by Gasteiger charge is -2.45. The molecule has 0 bridgehead atoms. The number of nitrogens with zero attached hydrogens (tertiary/aromatic N) is 4. The van der Waals surface area contributed by atoms with Crippen molar-refractivity contribution in [1.29, 1.82) is 5.41 Å². The molecule has 218 valence electrons. The minimum absolute atomic E-state index is 0.0259. The summed E-state index contributed by atoms with van der Waals surface area (Å²) in [6.07, 6.45) is -4.63. The lowest BCUT2D eigenvalue weighted by atomic mass is 10.00. The maximum atomic E-state index is 15.0. The predicted octanol–water partition coefficient (Wildman–Crippen LogP) is 6.31. The molecule has 41 heavy (non-hydrogen) atoms. The van der Waals surface area contributed by atoms with Crippen LogP contribution in [0.4, 0.5) is 34.6 Å². The van der Waals surface area contributed by atoms with Crippen molar-refractivity contribution < 1.29 is 31.8 Å². The number of fused-ring (bicyclic) bond motifs is 1. The van der Waals surface area contributed by atoms with Crippen LogP contribution >= 0.6 is 11.3 Å². The van der Waals surface area contributed by atoms with Gasteiger partial charge in [-0.15, -0.1) is 11.3 Å². The number of nitrogens with one attached hydrogen (secondary N) is 1. The van der Waals surface area contributed by atoms with Gasteiger partial charge in [-0.05, 0) is 30.3 Å². The molecule has 3 aromatic rings. The zero-order chi connectivity index (χ0) is 29.3. The van der Waals surface area contributed by atoms with E-state index in [1.165, 1.54) is 20.3 Å². The van der Waals surface area contributed by atoms with Crippen LogP contribution in [0, 0.1) is 10.5 Å². The van der Waals surface area contributed by atoms with E-state index in [1.807, 2.05) is 29.2 Å². The number of rotatable bonds is 6. The smallest absolute Gasteiger partial charge is 0.416 e. The molecule has 1 N–H and O–H groups in total. The number of benzene rings is 2. The van der Waals surface area contributed by atoms with E-state index in [9.17, 15) is 13.2 Å². The number of ether oxygens (including phenoxy) is 3. The molecular formula is C28H29F4N5O3S. The van der Waals surface area contributed by atoms with Gasteiger partial charge >= 0.3 is 6.18 Å². The number of anilines is 2. The van der Waals surface area contributed by atoms with Crippen molar-refractivity contribution in [1.82, 2.24) is 4.90 Å². The van der Waals surface area contributed by atoms with Gasteiger partial charge in [-0.1, -0.05) is 6.07 Å². The lowest BCUT2D eigenvalue weighted by molar-refractivity contribution is -0.137. The Kier molecular flexibility index (Phi) is 7.98. The van der Waals surface area contributed by atoms with Crippen LogP contribution in [0.3, 0.4) is 0 Å². The molecule has 13 heteroatoms. The highest BCUT2D eigenvalue weighted by Crippen LogP contribution is 2.47. The largest absolute Gasteiger partial charge is 0.497 e. The molecule has 2 aliphatic heterocycles. The number of hydrogen-bond acceptors (Lipinski definition) is 9. The number of methoxy groups -OCH3 is 3. The third kappa shape index (κ3) is 5.63. The Morgan fingerprint density at radius 1 is 1.02 bits per heavy atom.